The van der Waals surface area contributed by atoms with Crippen molar-refractivity contribution >= 4 is 11.8 Å². The Labute approximate surface area is 109 Å². The Morgan fingerprint density at radius 3 is 3.06 bits per heavy atom. The lowest BCUT2D eigenvalue weighted by Crippen LogP contribution is -2.34. The second-order valence-corrected chi connectivity index (χ2v) is 6.25. The molecule has 0 saturated heterocycles. The maximum Gasteiger partial charge on any atom is 0.114 e. The first-order valence-electron chi connectivity index (χ1n) is 6.66. The molecule has 2 unspecified atom stereocenters. The van der Waals surface area contributed by atoms with E-state index >= 15 is 0 Å². The van der Waals surface area contributed by atoms with Gasteiger partial charge in [-0.3, -0.25) is 0 Å². The van der Waals surface area contributed by atoms with Crippen molar-refractivity contribution in [3.05, 3.63) is 18.1 Å². The molecule has 1 heterocycles. The molecule has 0 bridgehead atoms. The monoisotopic (exact) mass is 253 g/mol. The van der Waals surface area contributed by atoms with Crippen LogP contribution in [0.25, 0.3) is 0 Å². The van der Waals surface area contributed by atoms with Gasteiger partial charge in [-0.05, 0) is 31.7 Å². The Bertz CT molecular complexity index is 337. The number of rotatable bonds is 5. The largest absolute Gasteiger partial charge is 0.468 e. The summed E-state index contributed by atoms with van der Waals surface area (Å²) in [5, 5.41) is 3.68. The second kappa shape index (κ2) is 6.50. The lowest BCUT2D eigenvalue weighted by Gasteiger charge is -2.27. The molecule has 3 heteroatoms. The van der Waals surface area contributed by atoms with Crippen LogP contribution in [0, 0.1) is 12.8 Å². The van der Waals surface area contributed by atoms with Crippen LogP contribution >= 0.6 is 11.8 Å². The summed E-state index contributed by atoms with van der Waals surface area (Å²) in [6, 6.07) is 2.81. The zero-order valence-electron chi connectivity index (χ0n) is 10.9. The molecular formula is C14H23NOS. The highest BCUT2D eigenvalue weighted by molar-refractivity contribution is 7.99. The van der Waals surface area contributed by atoms with Crippen LogP contribution < -0.4 is 5.32 Å². The molecule has 2 atom stereocenters. The summed E-state index contributed by atoms with van der Waals surface area (Å²) in [5.41, 5.74) is 0. The van der Waals surface area contributed by atoms with Crippen molar-refractivity contribution in [2.24, 2.45) is 5.92 Å². The van der Waals surface area contributed by atoms with Gasteiger partial charge >= 0.3 is 0 Å². The van der Waals surface area contributed by atoms with Gasteiger partial charge in [0.15, 0.2) is 0 Å². The van der Waals surface area contributed by atoms with Crippen LogP contribution in [0.4, 0.5) is 0 Å². The minimum atomic E-state index is 0.754. The molecule has 0 amide bonds. The number of hydrogen-bond donors (Lipinski definition) is 1. The molecule has 1 aliphatic carbocycles. The summed E-state index contributed by atoms with van der Waals surface area (Å²) in [6.07, 6.45) is 7.30. The molecule has 0 spiro atoms. The van der Waals surface area contributed by atoms with Crippen molar-refractivity contribution in [2.75, 3.05) is 12.3 Å². The quantitative estimate of drug-likeness (QED) is 0.637. The molecule has 2 nitrogen and oxygen atoms in total. The van der Waals surface area contributed by atoms with Gasteiger partial charge < -0.3 is 9.73 Å². The van der Waals surface area contributed by atoms with Gasteiger partial charge in [-0.15, -0.1) is 11.8 Å². The third-order valence-electron chi connectivity index (χ3n) is 3.54. The third kappa shape index (κ3) is 4.07. The maximum atomic E-state index is 5.28. The number of hydrogen-bond acceptors (Lipinski definition) is 3. The van der Waals surface area contributed by atoms with Gasteiger partial charge in [-0.25, -0.2) is 0 Å². The fourth-order valence-corrected chi connectivity index (χ4v) is 3.41. The molecule has 1 aliphatic rings. The van der Waals surface area contributed by atoms with Crippen LogP contribution in [-0.2, 0) is 0 Å². The number of aryl methyl sites for hydroxylation is 1. The van der Waals surface area contributed by atoms with Crippen LogP contribution in [0.2, 0.25) is 0 Å². The van der Waals surface area contributed by atoms with Gasteiger partial charge in [-0.2, -0.15) is 0 Å². The first kappa shape index (κ1) is 13.0. The molecule has 1 saturated carbocycles. The van der Waals surface area contributed by atoms with Crippen LogP contribution in [0.5, 0.6) is 0 Å². The van der Waals surface area contributed by atoms with E-state index in [-0.39, 0.29) is 0 Å². The fourth-order valence-electron chi connectivity index (χ4n) is 2.57. The topological polar surface area (TPSA) is 25.2 Å². The summed E-state index contributed by atoms with van der Waals surface area (Å²) in [6.45, 7) is 5.50. The van der Waals surface area contributed by atoms with Crippen molar-refractivity contribution in [3.8, 4) is 0 Å². The summed E-state index contributed by atoms with van der Waals surface area (Å²) < 4.78 is 5.28. The number of nitrogens with one attached hydrogen (secondary N) is 1. The van der Waals surface area contributed by atoms with E-state index in [4.69, 9.17) is 4.42 Å². The van der Waals surface area contributed by atoms with E-state index < -0.39 is 0 Å². The van der Waals surface area contributed by atoms with E-state index in [9.17, 15) is 0 Å². The standard InChI is InChI=1S/C14H23NOS/c1-11-4-3-5-13(10-11)15-7-9-17-14-6-8-16-12(14)2/h6,8,11,13,15H,3-5,7,9-10H2,1-2H3. The predicted octanol–water partition coefficient (Wildman–Crippen LogP) is 3.85. The van der Waals surface area contributed by atoms with Gasteiger partial charge in [0.2, 0.25) is 0 Å². The zero-order chi connectivity index (χ0) is 12.1. The summed E-state index contributed by atoms with van der Waals surface area (Å²) in [4.78, 5) is 1.28. The fraction of sp³-hybridized carbons (Fsp3) is 0.714. The van der Waals surface area contributed by atoms with Crippen molar-refractivity contribution in [3.63, 3.8) is 0 Å². The lowest BCUT2D eigenvalue weighted by molar-refractivity contribution is 0.306. The van der Waals surface area contributed by atoms with Crippen molar-refractivity contribution in [1.82, 2.24) is 5.32 Å². The van der Waals surface area contributed by atoms with Crippen LogP contribution in [0.15, 0.2) is 21.6 Å². The summed E-state index contributed by atoms with van der Waals surface area (Å²) >= 11 is 1.89. The SMILES string of the molecule is Cc1occc1SCCNC1CCCC(C)C1. The van der Waals surface area contributed by atoms with E-state index in [1.807, 2.05) is 18.7 Å². The van der Waals surface area contributed by atoms with Gasteiger partial charge in [-0.1, -0.05) is 19.8 Å². The Morgan fingerprint density at radius 1 is 1.47 bits per heavy atom. The highest BCUT2D eigenvalue weighted by atomic mass is 32.2. The van der Waals surface area contributed by atoms with Gasteiger partial charge in [0.05, 0.1) is 6.26 Å². The van der Waals surface area contributed by atoms with Crippen molar-refractivity contribution in [2.45, 2.75) is 50.5 Å². The smallest absolute Gasteiger partial charge is 0.114 e. The van der Waals surface area contributed by atoms with E-state index in [2.05, 4.69) is 18.3 Å². The van der Waals surface area contributed by atoms with Gasteiger partial charge in [0.1, 0.15) is 5.76 Å². The number of furan rings is 1. The molecule has 0 aliphatic heterocycles. The molecule has 1 fully saturated rings. The number of thioether (sulfide) groups is 1. The Morgan fingerprint density at radius 2 is 2.35 bits per heavy atom. The third-order valence-corrected chi connectivity index (χ3v) is 4.68. The lowest BCUT2D eigenvalue weighted by atomic mass is 9.87. The average molecular weight is 253 g/mol. The Kier molecular flexibility index (Phi) is 4.99. The van der Waals surface area contributed by atoms with Crippen LogP contribution in [0.3, 0.4) is 0 Å². The molecule has 1 N–H and O–H groups in total. The Hall–Kier alpha value is -0.410. The first-order valence-corrected chi connectivity index (χ1v) is 7.64. The van der Waals surface area contributed by atoms with E-state index in [0.717, 1.165) is 30.0 Å². The summed E-state index contributed by atoms with van der Waals surface area (Å²) in [7, 11) is 0. The van der Waals surface area contributed by atoms with Crippen LogP contribution in [-0.4, -0.2) is 18.3 Å². The first-order chi connectivity index (χ1) is 8.25. The molecule has 2 rings (SSSR count). The van der Waals surface area contributed by atoms with Crippen LogP contribution in [0.1, 0.15) is 38.4 Å². The Balaban J connectivity index is 1.61. The van der Waals surface area contributed by atoms with Gasteiger partial charge in [0.25, 0.3) is 0 Å². The maximum absolute atomic E-state index is 5.28. The highest BCUT2D eigenvalue weighted by Gasteiger charge is 2.17. The molecule has 0 aromatic carbocycles. The zero-order valence-corrected chi connectivity index (χ0v) is 11.7. The normalized spacial score (nSPS) is 25.1. The predicted molar refractivity (Wildman–Crippen MR) is 73.6 cm³/mol. The summed E-state index contributed by atoms with van der Waals surface area (Å²) in [5.74, 6) is 3.08. The minimum Gasteiger partial charge on any atom is -0.468 e. The molecule has 1 aromatic rings. The molecule has 1 aromatic heterocycles. The van der Waals surface area contributed by atoms with E-state index in [1.54, 1.807) is 6.26 Å². The molecule has 0 radical (unpaired) electrons. The molecule has 96 valence electrons. The molecule has 17 heavy (non-hydrogen) atoms. The van der Waals surface area contributed by atoms with E-state index in [0.29, 0.717) is 0 Å². The highest BCUT2D eigenvalue weighted by Crippen LogP contribution is 2.24. The second-order valence-electron chi connectivity index (χ2n) is 5.11. The molecular weight excluding hydrogens is 230 g/mol. The average Bonchev–Trinajstić information content (AvgIpc) is 2.71. The van der Waals surface area contributed by atoms with Gasteiger partial charge in [0, 0.05) is 23.2 Å². The minimum absolute atomic E-state index is 0.754. The van der Waals surface area contributed by atoms with Crippen molar-refractivity contribution < 1.29 is 4.42 Å². The van der Waals surface area contributed by atoms with Crippen molar-refractivity contribution in [1.29, 1.82) is 0 Å². The van der Waals surface area contributed by atoms with E-state index in [1.165, 1.54) is 30.6 Å².